The Morgan fingerprint density at radius 1 is 1.12 bits per heavy atom. The van der Waals surface area contributed by atoms with Crippen LogP contribution in [0.2, 0.25) is 0 Å². The molecule has 5 nitrogen and oxygen atoms in total. The molecule has 0 spiro atoms. The minimum Gasteiger partial charge on any atom is -0.393 e. The van der Waals surface area contributed by atoms with Gasteiger partial charge in [0.15, 0.2) is 5.96 Å². The van der Waals surface area contributed by atoms with Crippen molar-refractivity contribution in [2.75, 3.05) is 26.2 Å². The molecule has 1 aliphatic heterocycles. The van der Waals surface area contributed by atoms with E-state index in [1.165, 1.54) is 38.8 Å². The maximum Gasteiger partial charge on any atom is 0.191 e. The van der Waals surface area contributed by atoms with Gasteiger partial charge < -0.3 is 20.6 Å². The van der Waals surface area contributed by atoms with Gasteiger partial charge in [-0.2, -0.15) is 0 Å². The molecule has 25 heavy (non-hydrogen) atoms. The number of rotatable bonds is 7. The van der Waals surface area contributed by atoms with Crippen molar-refractivity contribution in [2.45, 2.75) is 89.8 Å². The molecule has 1 saturated carbocycles. The Morgan fingerprint density at radius 2 is 1.88 bits per heavy atom. The molecule has 0 aromatic heterocycles. The number of hydrogen-bond donors (Lipinski definition) is 3. The second-order valence-corrected chi connectivity index (χ2v) is 7.50. The van der Waals surface area contributed by atoms with Crippen molar-refractivity contribution in [1.82, 2.24) is 15.5 Å². The first kappa shape index (κ1) is 23.0. The van der Waals surface area contributed by atoms with Gasteiger partial charge in [0.05, 0.1) is 6.10 Å². The van der Waals surface area contributed by atoms with Crippen LogP contribution >= 0.6 is 24.0 Å². The lowest BCUT2D eigenvalue weighted by Crippen LogP contribution is -2.45. The lowest BCUT2D eigenvalue weighted by molar-refractivity contribution is 0.120. The number of nitrogens with zero attached hydrogens (tertiary/aromatic N) is 2. The van der Waals surface area contributed by atoms with Crippen LogP contribution < -0.4 is 10.6 Å². The Balaban J connectivity index is 0.00000312. The summed E-state index contributed by atoms with van der Waals surface area (Å²) in [6.45, 7) is 8.77. The van der Waals surface area contributed by atoms with E-state index in [0.29, 0.717) is 6.04 Å². The fourth-order valence-electron chi connectivity index (χ4n) is 3.84. The number of aliphatic hydroxyl groups is 1. The van der Waals surface area contributed by atoms with Crippen LogP contribution in [0.1, 0.15) is 71.6 Å². The van der Waals surface area contributed by atoms with Crippen molar-refractivity contribution in [1.29, 1.82) is 0 Å². The molecular weight excluding hydrogens is 427 g/mol. The fourth-order valence-corrected chi connectivity index (χ4v) is 3.84. The van der Waals surface area contributed by atoms with E-state index in [2.05, 4.69) is 29.4 Å². The van der Waals surface area contributed by atoms with Gasteiger partial charge in [0.25, 0.3) is 0 Å². The molecule has 1 aliphatic carbocycles. The van der Waals surface area contributed by atoms with E-state index in [4.69, 9.17) is 4.99 Å². The molecule has 1 saturated heterocycles. The van der Waals surface area contributed by atoms with Gasteiger partial charge in [0.2, 0.25) is 0 Å². The summed E-state index contributed by atoms with van der Waals surface area (Å²) in [6, 6.07) is 1.23. The standard InChI is InChI=1S/C19H38N4O.HI/c1-3-20-19(22-17-9-11-18(24)12-10-17)21-13-5-7-15-23-14-6-4-8-16(23)2;/h16-18,24H,3-15H2,1-2H3,(H2,20,21,22);1H. The highest BCUT2D eigenvalue weighted by Gasteiger charge is 2.20. The number of aliphatic hydroxyl groups excluding tert-OH is 1. The monoisotopic (exact) mass is 466 g/mol. The zero-order valence-electron chi connectivity index (χ0n) is 16.2. The number of unbranched alkanes of at least 4 members (excludes halogenated alkanes) is 1. The molecule has 0 radical (unpaired) electrons. The maximum atomic E-state index is 9.61. The number of aliphatic imine (C=N–C) groups is 1. The van der Waals surface area contributed by atoms with Gasteiger partial charge in [-0.25, -0.2) is 0 Å². The van der Waals surface area contributed by atoms with E-state index in [0.717, 1.165) is 57.2 Å². The quantitative estimate of drug-likeness (QED) is 0.234. The zero-order valence-corrected chi connectivity index (χ0v) is 18.5. The van der Waals surface area contributed by atoms with Crippen LogP contribution in [0.4, 0.5) is 0 Å². The van der Waals surface area contributed by atoms with Crippen molar-refractivity contribution in [3.05, 3.63) is 0 Å². The summed E-state index contributed by atoms with van der Waals surface area (Å²) in [5, 5.41) is 16.5. The van der Waals surface area contributed by atoms with E-state index in [-0.39, 0.29) is 30.1 Å². The average Bonchev–Trinajstić information content (AvgIpc) is 2.58. The SMILES string of the molecule is CCNC(=NCCCCN1CCCCC1C)NC1CCC(O)CC1.I. The number of hydrogen-bond acceptors (Lipinski definition) is 3. The van der Waals surface area contributed by atoms with Crippen LogP contribution in [-0.4, -0.2) is 60.3 Å². The number of halogens is 1. The Hall–Kier alpha value is -0.0800. The summed E-state index contributed by atoms with van der Waals surface area (Å²) in [7, 11) is 0. The minimum atomic E-state index is -0.0975. The molecular formula is C19H39IN4O. The highest BCUT2D eigenvalue weighted by atomic mass is 127. The van der Waals surface area contributed by atoms with Crippen LogP contribution in [0.25, 0.3) is 0 Å². The minimum absolute atomic E-state index is 0. The molecule has 2 fully saturated rings. The third-order valence-corrected chi connectivity index (χ3v) is 5.45. The summed E-state index contributed by atoms with van der Waals surface area (Å²) in [6.07, 6.45) is 10.3. The summed E-state index contributed by atoms with van der Waals surface area (Å²) in [5.74, 6) is 0.949. The number of guanidine groups is 1. The van der Waals surface area contributed by atoms with Crippen molar-refractivity contribution >= 4 is 29.9 Å². The normalized spacial score (nSPS) is 28.3. The average molecular weight is 466 g/mol. The van der Waals surface area contributed by atoms with E-state index >= 15 is 0 Å². The molecule has 0 amide bonds. The molecule has 0 aromatic rings. The zero-order chi connectivity index (χ0) is 17.2. The number of likely N-dealkylation sites (tertiary alicyclic amines) is 1. The fraction of sp³-hybridized carbons (Fsp3) is 0.947. The summed E-state index contributed by atoms with van der Waals surface area (Å²) in [5.41, 5.74) is 0. The first-order chi connectivity index (χ1) is 11.7. The van der Waals surface area contributed by atoms with E-state index < -0.39 is 0 Å². The van der Waals surface area contributed by atoms with Crippen LogP contribution in [-0.2, 0) is 0 Å². The van der Waals surface area contributed by atoms with Crippen molar-refractivity contribution in [3.63, 3.8) is 0 Å². The highest BCUT2D eigenvalue weighted by molar-refractivity contribution is 14.0. The lowest BCUT2D eigenvalue weighted by Gasteiger charge is -2.33. The molecule has 3 N–H and O–H groups in total. The van der Waals surface area contributed by atoms with Crippen LogP contribution in [0, 0.1) is 0 Å². The van der Waals surface area contributed by atoms with Gasteiger partial charge in [-0.05, 0) is 78.3 Å². The first-order valence-electron chi connectivity index (χ1n) is 10.2. The maximum absolute atomic E-state index is 9.61. The predicted molar refractivity (Wildman–Crippen MR) is 117 cm³/mol. The molecule has 148 valence electrons. The Morgan fingerprint density at radius 3 is 2.56 bits per heavy atom. The first-order valence-corrected chi connectivity index (χ1v) is 10.2. The molecule has 1 heterocycles. The second kappa shape index (κ2) is 13.1. The van der Waals surface area contributed by atoms with Gasteiger partial charge >= 0.3 is 0 Å². The third kappa shape index (κ3) is 8.91. The summed E-state index contributed by atoms with van der Waals surface area (Å²) < 4.78 is 0. The highest BCUT2D eigenvalue weighted by Crippen LogP contribution is 2.18. The van der Waals surface area contributed by atoms with Crippen LogP contribution in [0.5, 0.6) is 0 Å². The largest absolute Gasteiger partial charge is 0.393 e. The lowest BCUT2D eigenvalue weighted by atomic mass is 9.93. The Bertz CT molecular complexity index is 372. The van der Waals surface area contributed by atoms with Gasteiger partial charge in [0, 0.05) is 25.2 Å². The third-order valence-electron chi connectivity index (χ3n) is 5.45. The number of nitrogens with one attached hydrogen (secondary N) is 2. The molecule has 0 aromatic carbocycles. The van der Waals surface area contributed by atoms with Gasteiger partial charge in [-0.15, -0.1) is 24.0 Å². The van der Waals surface area contributed by atoms with Crippen molar-refractivity contribution < 1.29 is 5.11 Å². The smallest absolute Gasteiger partial charge is 0.191 e. The van der Waals surface area contributed by atoms with E-state index in [9.17, 15) is 5.11 Å². The van der Waals surface area contributed by atoms with Gasteiger partial charge in [0.1, 0.15) is 0 Å². The van der Waals surface area contributed by atoms with Gasteiger partial charge in [-0.1, -0.05) is 6.42 Å². The van der Waals surface area contributed by atoms with Crippen LogP contribution in [0.3, 0.4) is 0 Å². The molecule has 6 heteroatoms. The van der Waals surface area contributed by atoms with Gasteiger partial charge in [-0.3, -0.25) is 4.99 Å². The molecule has 2 rings (SSSR count). The summed E-state index contributed by atoms with van der Waals surface area (Å²) in [4.78, 5) is 7.38. The number of piperidine rings is 1. The van der Waals surface area contributed by atoms with Crippen molar-refractivity contribution in [3.8, 4) is 0 Å². The van der Waals surface area contributed by atoms with E-state index in [1.807, 2.05) is 0 Å². The molecule has 1 unspecified atom stereocenters. The summed E-state index contributed by atoms with van der Waals surface area (Å²) >= 11 is 0. The topological polar surface area (TPSA) is 59.9 Å². The molecule has 0 bridgehead atoms. The molecule has 1 atom stereocenters. The molecule has 2 aliphatic rings. The second-order valence-electron chi connectivity index (χ2n) is 7.50. The van der Waals surface area contributed by atoms with Crippen LogP contribution in [0.15, 0.2) is 4.99 Å². The van der Waals surface area contributed by atoms with Crippen molar-refractivity contribution in [2.24, 2.45) is 4.99 Å². The van der Waals surface area contributed by atoms with E-state index in [1.54, 1.807) is 0 Å². The predicted octanol–water partition coefficient (Wildman–Crippen LogP) is 3.12. The Labute approximate surface area is 171 Å². The Kier molecular flexibility index (Phi) is 12.1.